The van der Waals surface area contributed by atoms with Crippen LogP contribution in [0.1, 0.15) is 13.8 Å². The lowest BCUT2D eigenvalue weighted by Gasteiger charge is -2.03. The summed E-state index contributed by atoms with van der Waals surface area (Å²) in [5.41, 5.74) is 6.40. The minimum Gasteiger partial charge on any atom is -0.461 e. The molecule has 2 aromatic heterocycles. The van der Waals surface area contributed by atoms with Crippen molar-refractivity contribution in [3.8, 4) is 0 Å². The SMILES string of the molecule is CCn1c2ccccc2c2c3occ(NOC(C)=O)c3ccc21. The number of carbonyl (C=O) groups is 1. The maximum atomic E-state index is 11.0. The molecule has 0 atom stereocenters. The number of benzene rings is 2. The molecule has 1 N–H and O–H groups in total. The van der Waals surface area contributed by atoms with Gasteiger partial charge in [-0.3, -0.25) is 4.79 Å². The number of nitrogens with one attached hydrogen (secondary N) is 1. The van der Waals surface area contributed by atoms with Crippen LogP contribution < -0.4 is 5.48 Å². The van der Waals surface area contributed by atoms with E-state index in [2.05, 4.69) is 35.2 Å². The van der Waals surface area contributed by atoms with Crippen molar-refractivity contribution in [2.75, 3.05) is 5.48 Å². The van der Waals surface area contributed by atoms with E-state index in [9.17, 15) is 4.79 Å². The molecule has 4 aromatic rings. The van der Waals surface area contributed by atoms with Gasteiger partial charge in [-0.15, -0.1) is 0 Å². The number of carbonyl (C=O) groups excluding carboxylic acids is 1. The largest absolute Gasteiger partial charge is 0.461 e. The Balaban J connectivity index is 2.03. The summed E-state index contributed by atoms with van der Waals surface area (Å²) in [5, 5.41) is 3.12. The van der Waals surface area contributed by atoms with Crippen LogP contribution in [0.5, 0.6) is 0 Å². The first kappa shape index (κ1) is 13.7. The van der Waals surface area contributed by atoms with Crippen molar-refractivity contribution in [1.29, 1.82) is 0 Å². The molecule has 2 aromatic carbocycles. The van der Waals surface area contributed by atoms with Crippen molar-refractivity contribution >= 4 is 44.4 Å². The summed E-state index contributed by atoms with van der Waals surface area (Å²) < 4.78 is 8.06. The van der Waals surface area contributed by atoms with Gasteiger partial charge < -0.3 is 13.8 Å². The van der Waals surface area contributed by atoms with Gasteiger partial charge in [-0.2, -0.15) is 0 Å². The smallest absolute Gasteiger partial charge is 0.329 e. The van der Waals surface area contributed by atoms with E-state index >= 15 is 0 Å². The number of hydrogen-bond acceptors (Lipinski definition) is 4. The lowest BCUT2D eigenvalue weighted by molar-refractivity contribution is -0.138. The molecule has 2 heterocycles. The maximum Gasteiger partial charge on any atom is 0.329 e. The first-order valence-electron chi connectivity index (χ1n) is 7.55. The average Bonchev–Trinajstić information content (AvgIpc) is 3.11. The van der Waals surface area contributed by atoms with E-state index in [1.54, 1.807) is 6.26 Å². The van der Waals surface area contributed by atoms with Crippen molar-refractivity contribution in [1.82, 2.24) is 4.57 Å². The fourth-order valence-electron chi connectivity index (χ4n) is 3.17. The minimum absolute atomic E-state index is 0.400. The highest BCUT2D eigenvalue weighted by Gasteiger charge is 2.16. The number of anilines is 1. The molecule has 0 radical (unpaired) electrons. The number of nitrogens with zero attached hydrogens (tertiary/aromatic N) is 1. The molecule has 0 aliphatic heterocycles. The molecule has 0 spiro atoms. The number of para-hydroxylation sites is 1. The number of fused-ring (bicyclic) bond motifs is 5. The third-order valence-corrected chi connectivity index (χ3v) is 4.10. The van der Waals surface area contributed by atoms with E-state index in [4.69, 9.17) is 9.25 Å². The zero-order valence-electron chi connectivity index (χ0n) is 12.9. The van der Waals surface area contributed by atoms with Gasteiger partial charge in [-0.05, 0) is 25.1 Å². The van der Waals surface area contributed by atoms with Gasteiger partial charge in [0.1, 0.15) is 17.5 Å². The van der Waals surface area contributed by atoms with E-state index < -0.39 is 5.97 Å². The molecule has 0 aliphatic rings. The maximum absolute atomic E-state index is 11.0. The monoisotopic (exact) mass is 308 g/mol. The Kier molecular flexibility index (Phi) is 3.01. The van der Waals surface area contributed by atoms with Crippen molar-refractivity contribution in [2.24, 2.45) is 0 Å². The van der Waals surface area contributed by atoms with Gasteiger partial charge in [0, 0.05) is 29.8 Å². The van der Waals surface area contributed by atoms with Crippen LogP contribution in [0.3, 0.4) is 0 Å². The highest BCUT2D eigenvalue weighted by molar-refractivity contribution is 6.20. The van der Waals surface area contributed by atoms with Crippen LogP contribution in [-0.4, -0.2) is 10.5 Å². The fourth-order valence-corrected chi connectivity index (χ4v) is 3.17. The van der Waals surface area contributed by atoms with E-state index in [1.165, 1.54) is 12.4 Å². The van der Waals surface area contributed by atoms with E-state index in [0.29, 0.717) is 5.69 Å². The molecule has 0 unspecified atom stereocenters. The van der Waals surface area contributed by atoms with Gasteiger partial charge in [0.25, 0.3) is 0 Å². The molecule has 5 nitrogen and oxygen atoms in total. The highest BCUT2D eigenvalue weighted by Crippen LogP contribution is 2.38. The second kappa shape index (κ2) is 5.05. The molecule has 116 valence electrons. The summed E-state index contributed by atoms with van der Waals surface area (Å²) in [5.74, 6) is -0.400. The molecule has 0 aliphatic carbocycles. The third-order valence-electron chi connectivity index (χ3n) is 4.10. The summed E-state index contributed by atoms with van der Waals surface area (Å²) in [6, 6.07) is 12.4. The number of rotatable bonds is 3. The number of furan rings is 1. The Labute approximate surface area is 132 Å². The first-order chi connectivity index (χ1) is 11.2. The van der Waals surface area contributed by atoms with Gasteiger partial charge in [0.2, 0.25) is 0 Å². The topological polar surface area (TPSA) is 56.4 Å². The quantitative estimate of drug-likeness (QED) is 0.568. The standard InChI is InChI=1S/C18H16N2O3/c1-3-20-15-7-5-4-6-13(15)17-16(20)9-8-12-14(10-22-18(12)17)19-23-11(2)21/h4-10,19H,3H2,1-2H3. The lowest BCUT2D eigenvalue weighted by Crippen LogP contribution is -2.05. The molecular formula is C18H16N2O3. The molecule has 0 amide bonds. The Morgan fingerprint density at radius 1 is 1.17 bits per heavy atom. The molecule has 0 saturated heterocycles. The lowest BCUT2D eigenvalue weighted by atomic mass is 10.1. The van der Waals surface area contributed by atoms with Gasteiger partial charge in [0.15, 0.2) is 0 Å². The van der Waals surface area contributed by atoms with Gasteiger partial charge >= 0.3 is 5.97 Å². The zero-order valence-corrected chi connectivity index (χ0v) is 12.9. The van der Waals surface area contributed by atoms with Gasteiger partial charge in [0.05, 0.1) is 10.9 Å². The van der Waals surface area contributed by atoms with Gasteiger partial charge in [-0.25, -0.2) is 5.48 Å². The molecular weight excluding hydrogens is 292 g/mol. The molecule has 0 saturated carbocycles. The van der Waals surface area contributed by atoms with Crippen LogP contribution in [0.15, 0.2) is 47.1 Å². The van der Waals surface area contributed by atoms with Crippen LogP contribution in [0.25, 0.3) is 32.8 Å². The predicted molar refractivity (Wildman–Crippen MR) is 90.3 cm³/mol. The second-order valence-electron chi connectivity index (χ2n) is 5.44. The van der Waals surface area contributed by atoms with Crippen LogP contribution >= 0.6 is 0 Å². The average molecular weight is 308 g/mol. The van der Waals surface area contributed by atoms with Gasteiger partial charge in [-0.1, -0.05) is 18.2 Å². The summed E-state index contributed by atoms with van der Waals surface area (Å²) >= 11 is 0. The van der Waals surface area contributed by atoms with Crippen molar-refractivity contribution in [3.05, 3.63) is 42.7 Å². The number of hydrogen-bond donors (Lipinski definition) is 1. The highest BCUT2D eigenvalue weighted by atomic mass is 16.7. The van der Waals surface area contributed by atoms with E-state index in [0.717, 1.165) is 33.8 Å². The van der Waals surface area contributed by atoms with E-state index in [1.807, 2.05) is 18.2 Å². The first-order valence-corrected chi connectivity index (χ1v) is 7.55. The van der Waals surface area contributed by atoms with Crippen LogP contribution in [-0.2, 0) is 16.2 Å². The van der Waals surface area contributed by atoms with Crippen molar-refractivity contribution < 1.29 is 14.0 Å². The number of aryl methyl sites for hydroxylation is 1. The molecule has 0 bridgehead atoms. The summed E-state index contributed by atoms with van der Waals surface area (Å²) in [4.78, 5) is 15.9. The summed E-state index contributed by atoms with van der Waals surface area (Å²) in [6.07, 6.45) is 1.57. The Bertz CT molecular complexity index is 1040. The van der Waals surface area contributed by atoms with Crippen molar-refractivity contribution in [3.63, 3.8) is 0 Å². The van der Waals surface area contributed by atoms with Crippen LogP contribution in [0.4, 0.5) is 5.69 Å². The minimum atomic E-state index is -0.400. The Morgan fingerprint density at radius 3 is 2.78 bits per heavy atom. The molecule has 4 rings (SSSR count). The zero-order chi connectivity index (χ0) is 16.0. The fraction of sp³-hybridized carbons (Fsp3) is 0.167. The normalized spacial score (nSPS) is 11.4. The van der Waals surface area contributed by atoms with Crippen molar-refractivity contribution in [2.45, 2.75) is 20.4 Å². The predicted octanol–water partition coefficient (Wildman–Crippen LogP) is 4.45. The third kappa shape index (κ3) is 1.97. The molecule has 0 fully saturated rings. The Hall–Kier alpha value is -2.95. The van der Waals surface area contributed by atoms with Crippen LogP contribution in [0, 0.1) is 0 Å². The van der Waals surface area contributed by atoms with E-state index in [-0.39, 0.29) is 0 Å². The Morgan fingerprint density at radius 2 is 2.00 bits per heavy atom. The van der Waals surface area contributed by atoms with Crippen LogP contribution in [0.2, 0.25) is 0 Å². The summed E-state index contributed by atoms with van der Waals surface area (Å²) in [6.45, 7) is 4.36. The molecule has 5 heteroatoms. The summed E-state index contributed by atoms with van der Waals surface area (Å²) in [7, 11) is 0. The molecule has 23 heavy (non-hydrogen) atoms. The number of aromatic nitrogens is 1. The second-order valence-corrected chi connectivity index (χ2v) is 5.44.